The van der Waals surface area contributed by atoms with Crippen LogP contribution in [-0.2, 0) is 12.7 Å². The van der Waals surface area contributed by atoms with Crippen LogP contribution in [0.15, 0.2) is 59.7 Å². The maximum atomic E-state index is 13.4. The van der Waals surface area contributed by atoms with Crippen LogP contribution < -0.4 is 11.3 Å². The van der Waals surface area contributed by atoms with Crippen molar-refractivity contribution in [2.24, 2.45) is 0 Å². The van der Waals surface area contributed by atoms with Gasteiger partial charge in [0.15, 0.2) is 0 Å². The van der Waals surface area contributed by atoms with Crippen molar-refractivity contribution in [1.29, 1.82) is 0 Å². The fourth-order valence-electron chi connectivity index (χ4n) is 3.58. The lowest BCUT2D eigenvalue weighted by molar-refractivity contribution is -0.137. The molecule has 10 heteroatoms. The molecule has 0 aliphatic rings. The Morgan fingerprint density at radius 1 is 1.19 bits per heavy atom. The summed E-state index contributed by atoms with van der Waals surface area (Å²) in [7, 11) is 0. The number of halogens is 3. The van der Waals surface area contributed by atoms with Crippen molar-refractivity contribution in [2.75, 3.05) is 5.73 Å². The van der Waals surface area contributed by atoms with Gasteiger partial charge in [-0.05, 0) is 48.0 Å². The number of carboxylic acids is 1. The van der Waals surface area contributed by atoms with E-state index in [2.05, 4.69) is 9.97 Å². The van der Waals surface area contributed by atoms with E-state index in [-0.39, 0.29) is 40.1 Å². The molecule has 3 aromatic heterocycles. The number of alkyl halides is 3. The number of benzene rings is 1. The summed E-state index contributed by atoms with van der Waals surface area (Å²) in [5, 5.41) is 9.97. The summed E-state index contributed by atoms with van der Waals surface area (Å²) in [6.07, 6.45) is -1.84. The Hall–Kier alpha value is -4.08. The summed E-state index contributed by atoms with van der Waals surface area (Å²) < 4.78 is 41.5. The van der Waals surface area contributed by atoms with Gasteiger partial charge in [0.05, 0.1) is 5.56 Å². The van der Waals surface area contributed by atoms with E-state index in [1.165, 1.54) is 41.2 Å². The molecule has 1 aromatic carbocycles. The van der Waals surface area contributed by atoms with Gasteiger partial charge < -0.3 is 20.4 Å². The molecule has 0 aliphatic heterocycles. The largest absolute Gasteiger partial charge is 0.477 e. The third kappa shape index (κ3) is 3.63. The van der Waals surface area contributed by atoms with Crippen LogP contribution in [0.2, 0.25) is 0 Å². The van der Waals surface area contributed by atoms with E-state index in [9.17, 15) is 27.9 Å². The van der Waals surface area contributed by atoms with Crippen LogP contribution in [0.5, 0.6) is 0 Å². The summed E-state index contributed by atoms with van der Waals surface area (Å²) in [5.41, 5.74) is 4.53. The maximum Gasteiger partial charge on any atom is 0.416 e. The minimum atomic E-state index is -4.64. The number of carbonyl (C=O) groups is 1. The first-order valence-electron chi connectivity index (χ1n) is 9.02. The van der Waals surface area contributed by atoms with Gasteiger partial charge in [0.2, 0.25) is 0 Å². The number of nitrogens with two attached hydrogens (primary N) is 1. The first kappa shape index (κ1) is 20.2. The van der Waals surface area contributed by atoms with Gasteiger partial charge in [-0.1, -0.05) is 0 Å². The number of nitrogens with zero attached hydrogens (tertiary/aromatic N) is 2. The van der Waals surface area contributed by atoms with E-state index in [0.717, 1.165) is 12.1 Å². The van der Waals surface area contributed by atoms with Gasteiger partial charge in [0, 0.05) is 41.0 Å². The molecule has 4 aromatic rings. The van der Waals surface area contributed by atoms with E-state index in [1.807, 2.05) is 0 Å². The highest BCUT2D eigenvalue weighted by Crippen LogP contribution is 2.38. The number of aromatic amines is 1. The Kier molecular flexibility index (Phi) is 4.77. The molecule has 0 radical (unpaired) electrons. The molecule has 0 fully saturated rings. The molecule has 0 saturated heterocycles. The van der Waals surface area contributed by atoms with Crippen molar-refractivity contribution in [3.63, 3.8) is 0 Å². The molecule has 0 aliphatic carbocycles. The molecular weight excluding hydrogens is 413 g/mol. The van der Waals surface area contributed by atoms with E-state index in [1.54, 1.807) is 6.07 Å². The normalized spacial score (nSPS) is 11.7. The zero-order chi connectivity index (χ0) is 22.3. The number of H-pyrrole nitrogens is 1. The number of aromatic nitrogens is 3. The van der Waals surface area contributed by atoms with E-state index >= 15 is 0 Å². The zero-order valence-electron chi connectivity index (χ0n) is 15.8. The molecule has 4 rings (SSSR count). The Bertz CT molecular complexity index is 1370. The second-order valence-electron chi connectivity index (χ2n) is 6.85. The number of aromatic carboxylic acids is 1. The first-order chi connectivity index (χ1) is 14.7. The Labute approximate surface area is 172 Å². The molecule has 31 heavy (non-hydrogen) atoms. The lowest BCUT2D eigenvalue weighted by atomic mass is 10.0. The number of fused-ring (bicyclic) bond motifs is 1. The predicted molar refractivity (Wildman–Crippen MR) is 108 cm³/mol. The van der Waals surface area contributed by atoms with Crippen LogP contribution in [0.3, 0.4) is 0 Å². The van der Waals surface area contributed by atoms with Gasteiger partial charge in [-0.2, -0.15) is 13.2 Å². The van der Waals surface area contributed by atoms with Gasteiger partial charge in [0.1, 0.15) is 11.5 Å². The van der Waals surface area contributed by atoms with Gasteiger partial charge >= 0.3 is 12.1 Å². The van der Waals surface area contributed by atoms with Crippen molar-refractivity contribution >= 4 is 22.7 Å². The Balaban J connectivity index is 2.10. The minimum absolute atomic E-state index is 0.000949. The van der Waals surface area contributed by atoms with Crippen LogP contribution in [0, 0.1) is 0 Å². The monoisotopic (exact) mass is 428 g/mol. The standard InChI is InChI=1S/C21H15F3N4O3/c22-21(23,24)12-3-4-15-14(9-12)17(13-2-1-6-27-19(13)29)18(20(30)31)28(15)10-11-5-7-26-16(25)8-11/h1-9H,10H2,(H2,25,26)(H,27,29)(H,30,31). The SMILES string of the molecule is Nc1cc(Cn2c(C(=O)O)c(-c3ccc[nH]c3=O)c3cc(C(F)(F)F)ccc32)ccn1. The fraction of sp³-hybridized carbons (Fsp3) is 0.0952. The Morgan fingerprint density at radius 3 is 2.61 bits per heavy atom. The van der Waals surface area contributed by atoms with Gasteiger partial charge in [0.25, 0.3) is 5.56 Å². The summed E-state index contributed by atoms with van der Waals surface area (Å²) in [6.45, 7) is 0.000949. The average molecular weight is 428 g/mol. The van der Waals surface area contributed by atoms with E-state index in [4.69, 9.17) is 5.73 Å². The second-order valence-corrected chi connectivity index (χ2v) is 6.85. The molecule has 3 heterocycles. The minimum Gasteiger partial charge on any atom is -0.477 e. The lowest BCUT2D eigenvalue weighted by Crippen LogP contribution is -2.13. The smallest absolute Gasteiger partial charge is 0.416 e. The van der Waals surface area contributed by atoms with E-state index in [0.29, 0.717) is 5.56 Å². The maximum absolute atomic E-state index is 13.4. The topological polar surface area (TPSA) is 114 Å². The number of pyridine rings is 2. The van der Waals surface area contributed by atoms with Crippen molar-refractivity contribution in [1.82, 2.24) is 14.5 Å². The quantitative estimate of drug-likeness (QED) is 0.458. The predicted octanol–water partition coefficient (Wildman–Crippen LogP) is 3.74. The van der Waals surface area contributed by atoms with Crippen molar-refractivity contribution < 1.29 is 23.1 Å². The highest BCUT2D eigenvalue weighted by atomic mass is 19.4. The number of hydrogen-bond donors (Lipinski definition) is 3. The highest BCUT2D eigenvalue weighted by Gasteiger charge is 2.33. The lowest BCUT2D eigenvalue weighted by Gasteiger charge is -2.10. The number of carboxylic acid groups (broad SMARTS) is 1. The summed E-state index contributed by atoms with van der Waals surface area (Å²) in [5.74, 6) is -1.17. The highest BCUT2D eigenvalue weighted by molar-refractivity contribution is 6.08. The number of anilines is 1. The van der Waals surface area contributed by atoms with Crippen LogP contribution in [0.1, 0.15) is 21.6 Å². The molecule has 0 amide bonds. The molecule has 0 unspecified atom stereocenters. The molecule has 158 valence electrons. The second kappa shape index (κ2) is 7.31. The fourth-order valence-corrected chi connectivity index (χ4v) is 3.58. The molecular formula is C21H15F3N4O3. The van der Waals surface area contributed by atoms with Gasteiger partial charge in [-0.3, -0.25) is 4.79 Å². The number of nitrogen functional groups attached to an aromatic ring is 1. The van der Waals surface area contributed by atoms with Crippen molar-refractivity contribution in [2.45, 2.75) is 12.7 Å². The van der Waals surface area contributed by atoms with Crippen LogP contribution in [0.4, 0.5) is 19.0 Å². The molecule has 0 spiro atoms. The summed E-state index contributed by atoms with van der Waals surface area (Å²) in [6, 6.07) is 8.95. The molecule has 0 bridgehead atoms. The number of rotatable bonds is 4. The van der Waals surface area contributed by atoms with Gasteiger partial charge in [-0.15, -0.1) is 0 Å². The van der Waals surface area contributed by atoms with Crippen molar-refractivity contribution in [3.05, 3.63) is 82.0 Å². The van der Waals surface area contributed by atoms with Gasteiger partial charge in [-0.25, -0.2) is 9.78 Å². The van der Waals surface area contributed by atoms with Crippen LogP contribution >= 0.6 is 0 Å². The van der Waals surface area contributed by atoms with Crippen molar-refractivity contribution in [3.8, 4) is 11.1 Å². The number of nitrogens with one attached hydrogen (secondary N) is 1. The summed E-state index contributed by atoms with van der Waals surface area (Å²) >= 11 is 0. The van der Waals surface area contributed by atoms with E-state index < -0.39 is 23.3 Å². The third-order valence-electron chi connectivity index (χ3n) is 4.87. The van der Waals surface area contributed by atoms with Crippen LogP contribution in [0.25, 0.3) is 22.0 Å². The average Bonchev–Trinajstić information content (AvgIpc) is 3.01. The third-order valence-corrected chi connectivity index (χ3v) is 4.87. The van der Waals surface area contributed by atoms with Crippen LogP contribution in [-0.4, -0.2) is 25.6 Å². The molecule has 0 saturated carbocycles. The molecule has 0 atom stereocenters. The Morgan fingerprint density at radius 2 is 1.97 bits per heavy atom. The zero-order valence-corrected chi connectivity index (χ0v) is 15.8. The summed E-state index contributed by atoms with van der Waals surface area (Å²) in [4.78, 5) is 31.0. The molecule has 4 N–H and O–H groups in total. The first-order valence-corrected chi connectivity index (χ1v) is 9.02. The number of hydrogen-bond acceptors (Lipinski definition) is 4. The molecule has 7 nitrogen and oxygen atoms in total.